The lowest BCUT2D eigenvalue weighted by Crippen LogP contribution is -2.36. The summed E-state index contributed by atoms with van der Waals surface area (Å²) in [6.07, 6.45) is 4.85. The lowest BCUT2D eigenvalue weighted by atomic mass is 9.64. The van der Waals surface area contributed by atoms with Gasteiger partial charge in [-0.25, -0.2) is 0 Å². The first-order chi connectivity index (χ1) is 41.2. The summed E-state index contributed by atoms with van der Waals surface area (Å²) < 4.78 is 0. The predicted molar refractivity (Wildman–Crippen MR) is 343 cm³/mol. The lowest BCUT2D eigenvalue weighted by molar-refractivity contribution is 0.550. The van der Waals surface area contributed by atoms with Crippen molar-refractivity contribution in [1.29, 1.82) is 0 Å². The fourth-order valence-corrected chi connectivity index (χ4v) is 17.7. The quantitative estimate of drug-likeness (QED) is 0.163. The Hall–Kier alpha value is -10.0. The molecule has 0 aromatic heterocycles. The first-order valence-corrected chi connectivity index (χ1v) is 29.8. The van der Waals surface area contributed by atoms with Gasteiger partial charge in [-0.15, -0.1) is 0 Å². The van der Waals surface area contributed by atoms with Gasteiger partial charge in [0.25, 0.3) is 0 Å². The highest BCUT2D eigenvalue weighted by Crippen LogP contribution is 2.67. The average molecular weight is 1060 g/mol. The smallest absolute Gasteiger partial charge is 0.0754 e. The minimum absolute atomic E-state index is 0.0158. The van der Waals surface area contributed by atoms with Crippen LogP contribution in [0.2, 0.25) is 0 Å². The molecule has 1 saturated carbocycles. The van der Waals surface area contributed by atoms with Crippen molar-refractivity contribution < 1.29 is 0 Å². The number of rotatable bonds is 3. The second-order valence-corrected chi connectivity index (χ2v) is 24.0. The van der Waals surface area contributed by atoms with E-state index in [0.717, 1.165) is 11.4 Å². The molecule has 0 atom stereocenters. The van der Waals surface area contributed by atoms with E-state index in [-0.39, 0.29) is 5.41 Å². The van der Waals surface area contributed by atoms with Crippen LogP contribution in [0.25, 0.3) is 66.1 Å². The van der Waals surface area contributed by atoms with Crippen LogP contribution in [-0.2, 0) is 16.2 Å². The maximum absolute atomic E-state index is 2.61. The molecular formula is C81H54N2. The van der Waals surface area contributed by atoms with Crippen LogP contribution in [0.15, 0.2) is 279 Å². The molecule has 0 N–H and O–H groups in total. The van der Waals surface area contributed by atoms with E-state index in [2.05, 4.69) is 289 Å². The van der Waals surface area contributed by atoms with Crippen molar-refractivity contribution in [2.75, 3.05) is 9.80 Å². The van der Waals surface area contributed by atoms with Crippen LogP contribution in [0.4, 0.5) is 34.1 Å². The fourth-order valence-electron chi connectivity index (χ4n) is 17.7. The topological polar surface area (TPSA) is 6.48 Å². The summed E-state index contributed by atoms with van der Waals surface area (Å²) in [5.74, 6) is 0. The Morgan fingerprint density at radius 3 is 0.928 bits per heavy atom. The maximum Gasteiger partial charge on any atom is 0.0754 e. The normalized spacial score (nSPS) is 16.0. The summed E-state index contributed by atoms with van der Waals surface area (Å²) in [5, 5.41) is 4.91. The number of hydrogen-bond acceptors (Lipinski definition) is 2. The van der Waals surface area contributed by atoms with Crippen LogP contribution in [-0.4, -0.2) is 0 Å². The van der Waals surface area contributed by atoms with Gasteiger partial charge in [-0.1, -0.05) is 249 Å². The van der Waals surface area contributed by atoms with Crippen molar-refractivity contribution in [2.45, 2.75) is 41.9 Å². The molecule has 3 spiro atoms. The molecule has 2 aliphatic heterocycles. The van der Waals surface area contributed by atoms with Crippen LogP contribution < -0.4 is 9.80 Å². The Kier molecular flexibility index (Phi) is 9.11. The monoisotopic (exact) mass is 1050 g/mol. The highest BCUT2D eigenvalue weighted by molar-refractivity contribution is 6.22. The van der Waals surface area contributed by atoms with Crippen LogP contribution in [0, 0.1) is 0 Å². The van der Waals surface area contributed by atoms with E-state index in [1.54, 1.807) is 0 Å². The number of benzene rings is 13. The molecule has 19 rings (SSSR count). The molecule has 0 saturated heterocycles. The van der Waals surface area contributed by atoms with E-state index in [1.807, 2.05) is 0 Å². The summed E-state index contributed by atoms with van der Waals surface area (Å²) in [4.78, 5) is 5.23. The molecule has 4 aliphatic carbocycles. The highest BCUT2D eigenvalue weighted by atomic mass is 15.2. The highest BCUT2D eigenvalue weighted by Gasteiger charge is 2.54. The maximum atomic E-state index is 2.61. The largest absolute Gasteiger partial charge is 0.309 e. The Morgan fingerprint density at radius 1 is 0.217 bits per heavy atom. The molecule has 6 aliphatic rings. The van der Waals surface area contributed by atoms with Crippen molar-refractivity contribution in [3.8, 4) is 44.5 Å². The molecule has 2 heterocycles. The van der Waals surface area contributed by atoms with Gasteiger partial charge in [0, 0.05) is 16.2 Å². The minimum atomic E-state index is -0.520. The Bertz CT molecular complexity index is 4530. The third-order valence-electron chi connectivity index (χ3n) is 20.6. The summed E-state index contributed by atoms with van der Waals surface area (Å²) in [6, 6.07) is 107. The molecule has 0 radical (unpaired) electrons. The standard InChI is InChI=1S/C81H54N2/c1-7-33-62-51(24-1)52-25-2-8-34-63(52)80(62)66-37-11-15-42-73(66)82(74-43-16-12-38-67(74)80)71-46-22-29-55-59(71)50-60-56(77(55)58-31-21-41-70-78(58)57-28-5-6-32-61(57)79(70)48-19-20-49-79)30-23-47-72(60)83-75-44-17-13-39-68(75)81(69-40-14-18-45-76(69)83)64-35-9-3-26-53(64)54-27-4-10-36-65(54)81/h1-18,21-47,50H,19-20,48-49H2. The van der Waals surface area contributed by atoms with Crippen molar-refractivity contribution in [2.24, 2.45) is 0 Å². The van der Waals surface area contributed by atoms with Crippen molar-refractivity contribution in [3.63, 3.8) is 0 Å². The molecular weight excluding hydrogens is 1000 g/mol. The predicted octanol–water partition coefficient (Wildman–Crippen LogP) is 20.8. The van der Waals surface area contributed by atoms with Gasteiger partial charge in [0.15, 0.2) is 0 Å². The Balaban J connectivity index is 0.928. The Labute approximate surface area is 483 Å². The van der Waals surface area contributed by atoms with Gasteiger partial charge in [0.2, 0.25) is 0 Å². The molecule has 83 heavy (non-hydrogen) atoms. The van der Waals surface area contributed by atoms with Crippen LogP contribution >= 0.6 is 0 Å². The first-order valence-electron chi connectivity index (χ1n) is 29.8. The van der Waals surface area contributed by atoms with Gasteiger partial charge < -0.3 is 9.80 Å². The van der Waals surface area contributed by atoms with Crippen LogP contribution in [0.3, 0.4) is 0 Å². The summed E-state index contributed by atoms with van der Waals surface area (Å²) in [7, 11) is 0. The molecule has 13 aromatic carbocycles. The number of anilines is 6. The molecule has 0 unspecified atom stereocenters. The average Bonchev–Trinajstić information content (AvgIpc) is 2.86. The van der Waals surface area contributed by atoms with Gasteiger partial charge in [0.1, 0.15) is 0 Å². The fraction of sp³-hybridized carbons (Fsp3) is 0.0864. The summed E-state index contributed by atoms with van der Waals surface area (Å²) in [5.41, 5.74) is 30.2. The Morgan fingerprint density at radius 2 is 0.518 bits per heavy atom. The van der Waals surface area contributed by atoms with Gasteiger partial charge in [-0.05, 0) is 166 Å². The summed E-state index contributed by atoms with van der Waals surface area (Å²) in [6.45, 7) is 0. The molecule has 0 amide bonds. The minimum Gasteiger partial charge on any atom is -0.309 e. The van der Waals surface area contributed by atoms with Crippen molar-refractivity contribution >= 4 is 55.7 Å². The second kappa shape index (κ2) is 16.6. The van der Waals surface area contributed by atoms with Gasteiger partial charge in [-0.2, -0.15) is 0 Å². The van der Waals surface area contributed by atoms with E-state index >= 15 is 0 Å². The molecule has 2 nitrogen and oxygen atoms in total. The molecule has 388 valence electrons. The zero-order valence-corrected chi connectivity index (χ0v) is 45.8. The zero-order valence-electron chi connectivity index (χ0n) is 45.8. The van der Waals surface area contributed by atoms with E-state index in [4.69, 9.17) is 0 Å². The van der Waals surface area contributed by atoms with Gasteiger partial charge in [-0.3, -0.25) is 0 Å². The number of fused-ring (bicyclic) bond motifs is 25. The van der Waals surface area contributed by atoms with Crippen molar-refractivity contribution in [3.05, 3.63) is 335 Å². The summed E-state index contributed by atoms with van der Waals surface area (Å²) >= 11 is 0. The molecule has 1 fully saturated rings. The number of para-hydroxylation sites is 4. The van der Waals surface area contributed by atoms with Crippen LogP contribution in [0.1, 0.15) is 81.3 Å². The van der Waals surface area contributed by atoms with E-state index in [1.165, 1.54) is 170 Å². The third kappa shape index (κ3) is 5.55. The van der Waals surface area contributed by atoms with E-state index < -0.39 is 10.8 Å². The van der Waals surface area contributed by atoms with Crippen LogP contribution in [0.5, 0.6) is 0 Å². The zero-order chi connectivity index (χ0) is 54.2. The van der Waals surface area contributed by atoms with Crippen molar-refractivity contribution in [1.82, 2.24) is 0 Å². The number of nitrogens with zero attached hydrogens (tertiary/aromatic N) is 2. The number of hydrogen-bond donors (Lipinski definition) is 0. The molecule has 13 aromatic rings. The van der Waals surface area contributed by atoms with E-state index in [9.17, 15) is 0 Å². The second-order valence-electron chi connectivity index (χ2n) is 24.0. The first kappa shape index (κ1) is 45.7. The van der Waals surface area contributed by atoms with Gasteiger partial charge in [0.05, 0.1) is 45.0 Å². The molecule has 2 heteroatoms. The SMILES string of the molecule is c1ccc2c(c1)-c1c(-c3c4cccc(N5c6ccccc6C6(c7ccccc7-c7ccccc76)c6ccccc65)c4cc4c(N5c6ccccc6C6(c7ccccc7-c7ccccc76)c6ccccc65)cccc34)cccc1C21CCCC1. The lowest BCUT2D eigenvalue weighted by Gasteiger charge is -2.45. The molecule has 0 bridgehead atoms. The third-order valence-corrected chi connectivity index (χ3v) is 20.6. The van der Waals surface area contributed by atoms with Gasteiger partial charge >= 0.3 is 0 Å². The van der Waals surface area contributed by atoms with E-state index in [0.29, 0.717) is 0 Å².